The van der Waals surface area contributed by atoms with Gasteiger partial charge in [-0.25, -0.2) is 4.68 Å². The van der Waals surface area contributed by atoms with Crippen molar-refractivity contribution in [3.63, 3.8) is 0 Å². The molecule has 2 aliphatic heterocycles. The topological polar surface area (TPSA) is 174 Å². The standard InChI is InChI=1S/C28H30N10O4/c29-26(40)18-3-5-20(6-4-18)36-14-12-35(13-15-36)11-1-2-19-17-37(33-31-19)21-7-8-23-22(16-21)28(42)38(34-32-23)24-9-10-25(39)30-27(24)41/h3-8,16-17,24H,1-2,9-15H2,(H2,29,40)(H,30,39,41). The third kappa shape index (κ3) is 5.61. The number of hydrogen-bond acceptors (Lipinski definition) is 10. The molecule has 0 aliphatic carbocycles. The summed E-state index contributed by atoms with van der Waals surface area (Å²) in [4.78, 5) is 53.0. The van der Waals surface area contributed by atoms with Crippen molar-refractivity contribution in [2.45, 2.75) is 31.7 Å². The zero-order valence-corrected chi connectivity index (χ0v) is 22.8. The maximum atomic E-state index is 13.2. The van der Waals surface area contributed by atoms with E-state index in [1.54, 1.807) is 35.0 Å². The van der Waals surface area contributed by atoms with Gasteiger partial charge in [-0.3, -0.25) is 29.4 Å². The fourth-order valence-corrected chi connectivity index (χ4v) is 5.39. The van der Waals surface area contributed by atoms with Crippen LogP contribution in [0, 0.1) is 0 Å². The number of anilines is 1. The summed E-state index contributed by atoms with van der Waals surface area (Å²) in [7, 11) is 0. The summed E-state index contributed by atoms with van der Waals surface area (Å²) >= 11 is 0. The molecule has 2 aliphatic rings. The number of piperidine rings is 1. The number of carbonyl (C=O) groups excluding carboxylic acids is 3. The van der Waals surface area contributed by atoms with Crippen LogP contribution in [0.1, 0.15) is 41.4 Å². The van der Waals surface area contributed by atoms with Crippen LogP contribution < -0.4 is 21.5 Å². The molecular weight excluding hydrogens is 540 g/mol. The van der Waals surface area contributed by atoms with Gasteiger partial charge in [-0.1, -0.05) is 10.4 Å². The van der Waals surface area contributed by atoms with Crippen LogP contribution in [-0.4, -0.2) is 85.3 Å². The van der Waals surface area contributed by atoms with E-state index in [2.05, 4.69) is 35.7 Å². The van der Waals surface area contributed by atoms with Gasteiger partial charge >= 0.3 is 0 Å². The number of imide groups is 1. The highest BCUT2D eigenvalue weighted by molar-refractivity contribution is 5.99. The summed E-state index contributed by atoms with van der Waals surface area (Å²) in [5, 5.41) is 19.2. The molecular formula is C28H30N10O4. The molecule has 2 aromatic carbocycles. The van der Waals surface area contributed by atoms with Gasteiger partial charge in [0.1, 0.15) is 11.6 Å². The maximum Gasteiger partial charge on any atom is 0.278 e. The van der Waals surface area contributed by atoms with Crippen molar-refractivity contribution < 1.29 is 14.4 Å². The highest BCUT2D eigenvalue weighted by Gasteiger charge is 2.30. The highest BCUT2D eigenvalue weighted by atomic mass is 16.2. The first-order valence-corrected chi connectivity index (χ1v) is 13.9. The second-order valence-electron chi connectivity index (χ2n) is 10.5. The second-order valence-corrected chi connectivity index (χ2v) is 10.5. The number of nitrogens with two attached hydrogens (primary N) is 1. The number of aryl methyl sites for hydroxylation is 1. The van der Waals surface area contributed by atoms with Crippen LogP contribution in [0.25, 0.3) is 16.6 Å². The van der Waals surface area contributed by atoms with E-state index in [4.69, 9.17) is 5.73 Å². The predicted molar refractivity (Wildman–Crippen MR) is 152 cm³/mol. The van der Waals surface area contributed by atoms with Crippen LogP contribution in [0.2, 0.25) is 0 Å². The van der Waals surface area contributed by atoms with Gasteiger partial charge in [-0.2, -0.15) is 4.68 Å². The number of benzene rings is 2. The Kier molecular flexibility index (Phi) is 7.44. The van der Waals surface area contributed by atoms with E-state index in [1.807, 2.05) is 18.3 Å². The van der Waals surface area contributed by atoms with Crippen molar-refractivity contribution in [3.8, 4) is 5.69 Å². The zero-order chi connectivity index (χ0) is 29.2. The lowest BCUT2D eigenvalue weighted by Crippen LogP contribution is -2.46. The molecule has 3 N–H and O–H groups in total. The smallest absolute Gasteiger partial charge is 0.278 e. The normalized spacial score (nSPS) is 17.9. The molecule has 6 rings (SSSR count). The van der Waals surface area contributed by atoms with Gasteiger partial charge in [0.25, 0.3) is 11.5 Å². The Balaban J connectivity index is 1.05. The first kappa shape index (κ1) is 27.2. The van der Waals surface area contributed by atoms with Gasteiger partial charge < -0.3 is 10.6 Å². The van der Waals surface area contributed by atoms with E-state index in [0.29, 0.717) is 22.2 Å². The third-order valence-corrected chi connectivity index (χ3v) is 7.77. The molecule has 2 aromatic heterocycles. The molecule has 2 fully saturated rings. The van der Waals surface area contributed by atoms with E-state index in [1.165, 1.54) is 0 Å². The van der Waals surface area contributed by atoms with Gasteiger partial charge in [0, 0.05) is 43.9 Å². The number of primary amides is 1. The molecule has 0 saturated carbocycles. The Morgan fingerprint density at radius 2 is 1.71 bits per heavy atom. The van der Waals surface area contributed by atoms with E-state index in [0.717, 1.165) is 61.6 Å². The van der Waals surface area contributed by atoms with Crippen LogP contribution in [0.15, 0.2) is 53.5 Å². The van der Waals surface area contributed by atoms with Crippen LogP contribution in [0.3, 0.4) is 0 Å². The summed E-state index contributed by atoms with van der Waals surface area (Å²) in [6, 6.07) is 11.7. The molecule has 0 radical (unpaired) electrons. The molecule has 0 bridgehead atoms. The molecule has 2 saturated heterocycles. The quantitative estimate of drug-likeness (QED) is 0.279. The summed E-state index contributed by atoms with van der Waals surface area (Å²) in [6.07, 6.45) is 3.86. The second kappa shape index (κ2) is 11.5. The number of aromatic nitrogens is 6. The minimum atomic E-state index is -0.883. The van der Waals surface area contributed by atoms with E-state index >= 15 is 0 Å². The molecule has 3 amide bonds. The van der Waals surface area contributed by atoms with Gasteiger partial charge in [-0.05, 0) is 68.3 Å². The van der Waals surface area contributed by atoms with Crippen molar-refractivity contribution in [1.82, 2.24) is 40.2 Å². The van der Waals surface area contributed by atoms with Crippen molar-refractivity contribution in [2.24, 2.45) is 5.73 Å². The number of carbonyl (C=O) groups is 3. The van der Waals surface area contributed by atoms with E-state index < -0.39 is 23.4 Å². The number of nitrogens with zero attached hydrogens (tertiary/aromatic N) is 8. The molecule has 14 heteroatoms. The van der Waals surface area contributed by atoms with Crippen molar-refractivity contribution in [1.29, 1.82) is 0 Å². The molecule has 0 spiro atoms. The lowest BCUT2D eigenvalue weighted by atomic mass is 10.1. The minimum Gasteiger partial charge on any atom is -0.369 e. The van der Waals surface area contributed by atoms with Gasteiger partial charge in [0.15, 0.2) is 0 Å². The molecule has 216 valence electrons. The predicted octanol–water partition coefficient (Wildman–Crippen LogP) is 0.204. The average molecular weight is 571 g/mol. The van der Waals surface area contributed by atoms with Crippen LogP contribution >= 0.6 is 0 Å². The number of hydrogen-bond donors (Lipinski definition) is 2. The summed E-state index contributed by atoms with van der Waals surface area (Å²) in [6.45, 7) is 4.64. The Morgan fingerprint density at radius 1 is 0.952 bits per heavy atom. The fraction of sp³-hybridized carbons (Fsp3) is 0.357. The molecule has 4 heterocycles. The van der Waals surface area contributed by atoms with Gasteiger partial charge in [-0.15, -0.1) is 10.2 Å². The Bertz CT molecular complexity index is 1710. The summed E-state index contributed by atoms with van der Waals surface area (Å²) in [5.41, 5.74) is 8.36. The molecule has 1 unspecified atom stereocenters. The Hall–Kier alpha value is -4.98. The van der Waals surface area contributed by atoms with E-state index in [-0.39, 0.29) is 18.7 Å². The number of rotatable bonds is 8. The number of fused-ring (bicyclic) bond motifs is 1. The first-order chi connectivity index (χ1) is 20.4. The molecule has 14 nitrogen and oxygen atoms in total. The van der Waals surface area contributed by atoms with Crippen LogP contribution in [0.5, 0.6) is 0 Å². The SMILES string of the molecule is NC(=O)c1ccc(N2CCN(CCCc3cn(-c4ccc5nnn(C6CCC(=O)NC6=O)c(=O)c5c4)nn3)CC2)cc1. The molecule has 1 atom stereocenters. The van der Waals surface area contributed by atoms with Crippen molar-refractivity contribution in [3.05, 3.63) is 70.3 Å². The van der Waals surface area contributed by atoms with Crippen LogP contribution in [-0.2, 0) is 16.0 Å². The summed E-state index contributed by atoms with van der Waals surface area (Å²) < 4.78 is 2.66. The van der Waals surface area contributed by atoms with Crippen molar-refractivity contribution in [2.75, 3.05) is 37.6 Å². The Morgan fingerprint density at radius 3 is 2.45 bits per heavy atom. The largest absolute Gasteiger partial charge is 0.369 e. The van der Waals surface area contributed by atoms with Crippen molar-refractivity contribution >= 4 is 34.3 Å². The lowest BCUT2D eigenvalue weighted by molar-refractivity contribution is -0.136. The third-order valence-electron chi connectivity index (χ3n) is 7.77. The monoisotopic (exact) mass is 570 g/mol. The number of piperazine rings is 1. The summed E-state index contributed by atoms with van der Waals surface area (Å²) in [5.74, 6) is -1.34. The minimum absolute atomic E-state index is 0.134. The number of amides is 3. The fourth-order valence-electron chi connectivity index (χ4n) is 5.39. The number of nitrogens with one attached hydrogen (secondary N) is 1. The molecule has 4 aromatic rings. The van der Waals surface area contributed by atoms with Gasteiger partial charge in [0.2, 0.25) is 11.8 Å². The van der Waals surface area contributed by atoms with Gasteiger partial charge in [0.05, 0.1) is 23.0 Å². The average Bonchev–Trinajstić information content (AvgIpc) is 3.47. The highest BCUT2D eigenvalue weighted by Crippen LogP contribution is 2.19. The van der Waals surface area contributed by atoms with Crippen LogP contribution in [0.4, 0.5) is 5.69 Å². The Labute approximate surface area is 240 Å². The molecule has 42 heavy (non-hydrogen) atoms. The van der Waals surface area contributed by atoms with E-state index in [9.17, 15) is 19.2 Å². The maximum absolute atomic E-state index is 13.2. The zero-order valence-electron chi connectivity index (χ0n) is 22.8. The lowest BCUT2D eigenvalue weighted by Gasteiger charge is -2.36. The first-order valence-electron chi connectivity index (χ1n) is 13.9.